The lowest BCUT2D eigenvalue weighted by atomic mass is 9.78. The average Bonchev–Trinajstić information content (AvgIpc) is 2.27. The molecule has 0 aromatic carbocycles. The number of rotatable bonds is 4. The number of nitrogens with zero attached hydrogens (tertiary/aromatic N) is 1. The molecule has 0 radical (unpaired) electrons. The predicted octanol–water partition coefficient (Wildman–Crippen LogP) is 5.02. The fourth-order valence-corrected chi connectivity index (χ4v) is 2.64. The summed E-state index contributed by atoms with van der Waals surface area (Å²) in [5, 5.41) is 0. The molecule has 2 heteroatoms. The second-order valence-electron chi connectivity index (χ2n) is 6.09. The molecule has 1 nitrogen and oxygen atoms in total. The summed E-state index contributed by atoms with van der Waals surface area (Å²) in [6.45, 7) is 11.6. The number of hydrogen-bond acceptors (Lipinski definition) is 1. The van der Waals surface area contributed by atoms with Gasteiger partial charge in [-0.2, -0.15) is 0 Å². The molecule has 0 N–H and O–H groups in total. The van der Waals surface area contributed by atoms with Gasteiger partial charge in [-0.15, -0.1) is 0 Å². The first kappa shape index (κ1) is 14.7. The first-order chi connectivity index (χ1) is 7.82. The van der Waals surface area contributed by atoms with Crippen LogP contribution in [0.2, 0.25) is 0 Å². The lowest BCUT2D eigenvalue weighted by Crippen LogP contribution is -2.22. The van der Waals surface area contributed by atoms with Gasteiger partial charge in [-0.25, -0.2) is 0 Å². The highest BCUT2D eigenvalue weighted by atomic mass is 79.9. The molecule has 1 rings (SSSR count). The molecule has 3 atom stereocenters. The molecule has 17 heavy (non-hydrogen) atoms. The van der Waals surface area contributed by atoms with E-state index < -0.39 is 0 Å². The van der Waals surface area contributed by atoms with E-state index in [1.54, 1.807) is 0 Å². The molecular formula is C15H24BrN. The van der Waals surface area contributed by atoms with Crippen LogP contribution in [0.3, 0.4) is 0 Å². The van der Waals surface area contributed by atoms with Crippen molar-refractivity contribution in [2.24, 2.45) is 11.3 Å². The third kappa shape index (κ3) is 4.42. The molecule has 1 heterocycles. The molecule has 0 fully saturated rings. The fraction of sp³-hybridized carbons (Fsp3) is 0.667. The normalized spacial score (nSPS) is 17.5. The SMILES string of the molecule is CC(c1ccncc1)C(Br)CC(C)C(C)(C)C. The Morgan fingerprint density at radius 1 is 1.18 bits per heavy atom. The molecule has 0 aliphatic rings. The van der Waals surface area contributed by atoms with Crippen molar-refractivity contribution in [3.8, 4) is 0 Å². The zero-order valence-corrected chi connectivity index (χ0v) is 13.2. The van der Waals surface area contributed by atoms with Gasteiger partial charge < -0.3 is 0 Å². The van der Waals surface area contributed by atoms with Crippen molar-refractivity contribution in [1.29, 1.82) is 0 Å². The standard InChI is InChI=1S/C15H24BrN/c1-11(15(3,4)5)10-14(16)12(2)13-6-8-17-9-7-13/h6-9,11-12,14H,10H2,1-5H3. The third-order valence-electron chi connectivity index (χ3n) is 3.83. The monoisotopic (exact) mass is 297 g/mol. The highest BCUT2D eigenvalue weighted by Crippen LogP contribution is 2.35. The predicted molar refractivity (Wildman–Crippen MR) is 78.6 cm³/mol. The first-order valence-electron chi connectivity index (χ1n) is 6.36. The van der Waals surface area contributed by atoms with E-state index in [-0.39, 0.29) is 0 Å². The van der Waals surface area contributed by atoms with Crippen molar-refractivity contribution in [3.05, 3.63) is 30.1 Å². The van der Waals surface area contributed by atoms with Crippen LogP contribution < -0.4 is 0 Å². The minimum Gasteiger partial charge on any atom is -0.265 e. The van der Waals surface area contributed by atoms with E-state index in [2.05, 4.69) is 67.7 Å². The zero-order chi connectivity index (χ0) is 13.1. The van der Waals surface area contributed by atoms with Crippen LogP contribution in [0.5, 0.6) is 0 Å². The van der Waals surface area contributed by atoms with Crippen LogP contribution in [0, 0.1) is 11.3 Å². The highest BCUT2D eigenvalue weighted by Gasteiger charge is 2.25. The summed E-state index contributed by atoms with van der Waals surface area (Å²) in [6, 6.07) is 4.22. The number of hydrogen-bond donors (Lipinski definition) is 0. The minimum absolute atomic E-state index is 0.379. The average molecular weight is 298 g/mol. The van der Waals surface area contributed by atoms with Gasteiger partial charge in [-0.05, 0) is 41.4 Å². The molecule has 1 aromatic heterocycles. The molecule has 0 amide bonds. The van der Waals surface area contributed by atoms with Crippen molar-refractivity contribution in [1.82, 2.24) is 4.98 Å². The van der Waals surface area contributed by atoms with Crippen LogP contribution >= 0.6 is 15.9 Å². The van der Waals surface area contributed by atoms with Crippen LogP contribution in [0.4, 0.5) is 0 Å². The Morgan fingerprint density at radius 2 is 1.71 bits per heavy atom. The van der Waals surface area contributed by atoms with E-state index in [9.17, 15) is 0 Å². The molecular weight excluding hydrogens is 274 g/mol. The van der Waals surface area contributed by atoms with Gasteiger partial charge in [0, 0.05) is 17.2 Å². The summed E-state index contributed by atoms with van der Waals surface area (Å²) < 4.78 is 0. The maximum atomic E-state index is 4.07. The third-order valence-corrected chi connectivity index (χ3v) is 5.00. The van der Waals surface area contributed by atoms with E-state index in [4.69, 9.17) is 0 Å². The lowest BCUT2D eigenvalue weighted by Gasteiger charge is -2.31. The van der Waals surface area contributed by atoms with Crippen molar-refractivity contribution < 1.29 is 0 Å². The molecule has 0 saturated carbocycles. The molecule has 0 spiro atoms. The summed E-state index contributed by atoms with van der Waals surface area (Å²) in [5.74, 6) is 1.24. The molecule has 96 valence electrons. The van der Waals surface area contributed by atoms with Crippen molar-refractivity contribution in [2.45, 2.75) is 51.8 Å². The number of aromatic nitrogens is 1. The smallest absolute Gasteiger partial charge is 0.0270 e. The number of alkyl halides is 1. The van der Waals surface area contributed by atoms with E-state index >= 15 is 0 Å². The molecule has 3 unspecified atom stereocenters. The highest BCUT2D eigenvalue weighted by molar-refractivity contribution is 9.09. The summed E-state index contributed by atoms with van der Waals surface area (Å²) in [7, 11) is 0. The van der Waals surface area contributed by atoms with Gasteiger partial charge >= 0.3 is 0 Å². The Balaban J connectivity index is 2.62. The topological polar surface area (TPSA) is 12.9 Å². The Hall–Kier alpha value is -0.370. The van der Waals surface area contributed by atoms with E-state index in [0.717, 1.165) is 0 Å². The maximum absolute atomic E-state index is 4.07. The van der Waals surface area contributed by atoms with E-state index in [1.807, 2.05) is 12.4 Å². The van der Waals surface area contributed by atoms with Crippen molar-refractivity contribution in [3.63, 3.8) is 0 Å². The Kier molecular flexibility index (Phi) is 5.18. The van der Waals surface area contributed by atoms with Crippen molar-refractivity contribution in [2.75, 3.05) is 0 Å². The number of halogens is 1. The second kappa shape index (κ2) is 5.99. The quantitative estimate of drug-likeness (QED) is 0.711. The van der Waals surface area contributed by atoms with Gasteiger partial charge in [0.1, 0.15) is 0 Å². The molecule has 0 saturated heterocycles. The Labute approximate surface area is 114 Å². The van der Waals surface area contributed by atoms with Crippen LogP contribution in [0.15, 0.2) is 24.5 Å². The fourth-order valence-electron chi connectivity index (χ4n) is 1.77. The largest absolute Gasteiger partial charge is 0.265 e. The summed E-state index contributed by atoms with van der Waals surface area (Å²) in [6.07, 6.45) is 4.95. The molecule has 0 aliphatic carbocycles. The second-order valence-corrected chi connectivity index (χ2v) is 7.26. The summed E-state index contributed by atoms with van der Waals surface area (Å²) in [4.78, 5) is 4.60. The van der Waals surface area contributed by atoms with Crippen LogP contribution in [0.1, 0.15) is 52.5 Å². The van der Waals surface area contributed by atoms with Crippen LogP contribution in [-0.4, -0.2) is 9.81 Å². The van der Waals surface area contributed by atoms with Gasteiger partial charge in [0.15, 0.2) is 0 Å². The summed E-state index contributed by atoms with van der Waals surface area (Å²) >= 11 is 3.85. The first-order valence-corrected chi connectivity index (χ1v) is 7.28. The van der Waals surface area contributed by atoms with Gasteiger partial charge in [0.2, 0.25) is 0 Å². The molecule has 1 aromatic rings. The van der Waals surface area contributed by atoms with Crippen LogP contribution in [0.25, 0.3) is 0 Å². The number of pyridine rings is 1. The van der Waals surface area contributed by atoms with E-state index in [1.165, 1.54) is 12.0 Å². The maximum Gasteiger partial charge on any atom is 0.0270 e. The zero-order valence-electron chi connectivity index (χ0n) is 11.6. The molecule has 0 aliphatic heterocycles. The molecule has 0 bridgehead atoms. The Morgan fingerprint density at radius 3 is 2.18 bits per heavy atom. The van der Waals surface area contributed by atoms with Gasteiger partial charge in [0.25, 0.3) is 0 Å². The van der Waals surface area contributed by atoms with Crippen LogP contribution in [-0.2, 0) is 0 Å². The summed E-state index contributed by atoms with van der Waals surface area (Å²) in [5.41, 5.74) is 1.74. The Bertz CT molecular complexity index is 329. The van der Waals surface area contributed by atoms with Crippen molar-refractivity contribution >= 4 is 15.9 Å². The van der Waals surface area contributed by atoms with E-state index in [0.29, 0.717) is 22.1 Å². The lowest BCUT2D eigenvalue weighted by molar-refractivity contribution is 0.242. The van der Waals surface area contributed by atoms with Gasteiger partial charge in [0.05, 0.1) is 0 Å². The van der Waals surface area contributed by atoms with Gasteiger partial charge in [-0.1, -0.05) is 50.5 Å². The minimum atomic E-state index is 0.379. The van der Waals surface area contributed by atoms with Gasteiger partial charge in [-0.3, -0.25) is 4.98 Å².